The summed E-state index contributed by atoms with van der Waals surface area (Å²) in [6, 6.07) is 8.86. The Bertz CT molecular complexity index is 919. The number of fused-ring (bicyclic) bond motifs is 3. The molecule has 0 aliphatic heterocycles. The van der Waals surface area contributed by atoms with E-state index in [9.17, 15) is 0 Å². The molecular formula is C25H25Br. The molecule has 2 atom stereocenters. The van der Waals surface area contributed by atoms with Crippen LogP contribution in [0.3, 0.4) is 0 Å². The molecule has 0 aromatic heterocycles. The summed E-state index contributed by atoms with van der Waals surface area (Å²) in [5.41, 5.74) is 10.9. The standard InChI is InChI=1S/C25H25Br/c1-16-14-23-21-8-4-5-9-22(21)25(26)15-24(23)19(16)13-12-18-11-10-17-6-2-3-7-20(17)18/h2-3,6-7,10-11,14-15,18,23H,4-5,8-9,12-13H2,1H3. The second kappa shape index (κ2) is 6.53. The summed E-state index contributed by atoms with van der Waals surface area (Å²) in [5.74, 6) is 1.14. The lowest BCUT2D eigenvalue weighted by atomic mass is 9.77. The monoisotopic (exact) mass is 404 g/mol. The summed E-state index contributed by atoms with van der Waals surface area (Å²) in [6.07, 6.45) is 17.3. The van der Waals surface area contributed by atoms with E-state index in [-0.39, 0.29) is 0 Å². The van der Waals surface area contributed by atoms with Crippen LogP contribution in [0.15, 0.2) is 74.8 Å². The molecule has 1 heteroatoms. The maximum absolute atomic E-state index is 3.89. The largest absolute Gasteiger partial charge is 0.0764 e. The molecule has 5 rings (SSSR count). The van der Waals surface area contributed by atoms with Crippen LogP contribution >= 0.6 is 15.9 Å². The minimum Gasteiger partial charge on any atom is -0.0764 e. The molecule has 0 saturated heterocycles. The molecule has 0 radical (unpaired) electrons. The lowest BCUT2D eigenvalue weighted by molar-refractivity contribution is 0.635. The van der Waals surface area contributed by atoms with Crippen LogP contribution in [0.4, 0.5) is 0 Å². The summed E-state index contributed by atoms with van der Waals surface area (Å²) < 4.78 is 1.35. The van der Waals surface area contributed by atoms with Gasteiger partial charge in [-0.1, -0.05) is 69.6 Å². The third kappa shape index (κ3) is 2.63. The van der Waals surface area contributed by atoms with E-state index in [4.69, 9.17) is 0 Å². The minimum absolute atomic E-state index is 0.563. The van der Waals surface area contributed by atoms with Gasteiger partial charge >= 0.3 is 0 Å². The topological polar surface area (TPSA) is 0 Å². The highest BCUT2D eigenvalue weighted by Crippen LogP contribution is 2.49. The van der Waals surface area contributed by atoms with Crippen molar-refractivity contribution in [1.82, 2.24) is 0 Å². The van der Waals surface area contributed by atoms with Crippen LogP contribution in [-0.2, 0) is 0 Å². The molecule has 0 fully saturated rings. The summed E-state index contributed by atoms with van der Waals surface area (Å²) in [6.45, 7) is 2.32. The third-order valence-corrected chi connectivity index (χ3v) is 7.35. The van der Waals surface area contributed by atoms with Gasteiger partial charge in [0.1, 0.15) is 0 Å². The molecule has 0 amide bonds. The molecule has 2 unspecified atom stereocenters. The SMILES string of the molecule is CC1=CC2C(=C1CCC1C=Cc3ccccc31)C=C(Br)C1=C2CCCC1. The van der Waals surface area contributed by atoms with Crippen molar-refractivity contribution in [3.63, 3.8) is 0 Å². The molecule has 0 bridgehead atoms. The highest BCUT2D eigenvalue weighted by atomic mass is 79.9. The first kappa shape index (κ1) is 16.6. The van der Waals surface area contributed by atoms with Crippen molar-refractivity contribution in [2.24, 2.45) is 5.92 Å². The summed E-state index contributed by atoms with van der Waals surface area (Å²) >= 11 is 3.89. The fourth-order valence-corrected chi connectivity index (χ4v) is 6.01. The summed E-state index contributed by atoms with van der Waals surface area (Å²) in [7, 11) is 0. The normalized spacial score (nSPS) is 26.5. The Morgan fingerprint density at radius 3 is 2.88 bits per heavy atom. The van der Waals surface area contributed by atoms with Crippen LogP contribution in [0.5, 0.6) is 0 Å². The fraction of sp³-hybridized carbons (Fsp3) is 0.360. The van der Waals surface area contributed by atoms with Gasteiger partial charge in [0.2, 0.25) is 0 Å². The van der Waals surface area contributed by atoms with Crippen molar-refractivity contribution in [3.05, 3.63) is 86.0 Å². The van der Waals surface area contributed by atoms with Crippen molar-refractivity contribution < 1.29 is 0 Å². The first-order valence-electron chi connectivity index (χ1n) is 10.0. The first-order chi connectivity index (χ1) is 12.7. The van der Waals surface area contributed by atoms with Gasteiger partial charge < -0.3 is 0 Å². The van der Waals surface area contributed by atoms with Crippen LogP contribution < -0.4 is 0 Å². The zero-order chi connectivity index (χ0) is 17.7. The van der Waals surface area contributed by atoms with Crippen molar-refractivity contribution in [1.29, 1.82) is 0 Å². The Morgan fingerprint density at radius 2 is 1.96 bits per heavy atom. The molecule has 0 saturated carbocycles. The Morgan fingerprint density at radius 1 is 1.12 bits per heavy atom. The maximum Gasteiger partial charge on any atom is 0.0243 e. The number of hydrogen-bond acceptors (Lipinski definition) is 0. The predicted molar refractivity (Wildman–Crippen MR) is 114 cm³/mol. The minimum atomic E-state index is 0.563. The van der Waals surface area contributed by atoms with E-state index in [1.165, 1.54) is 59.7 Å². The van der Waals surface area contributed by atoms with Gasteiger partial charge in [-0.2, -0.15) is 0 Å². The second-order valence-electron chi connectivity index (χ2n) is 8.10. The lowest BCUT2D eigenvalue weighted by Crippen LogP contribution is -2.14. The van der Waals surface area contributed by atoms with Crippen molar-refractivity contribution in [3.8, 4) is 0 Å². The van der Waals surface area contributed by atoms with Crippen LogP contribution in [0.1, 0.15) is 62.5 Å². The van der Waals surface area contributed by atoms with Gasteiger partial charge in [0.05, 0.1) is 0 Å². The number of benzene rings is 1. The van der Waals surface area contributed by atoms with Gasteiger partial charge in [-0.05, 0) is 79.4 Å². The van der Waals surface area contributed by atoms with Crippen LogP contribution in [-0.4, -0.2) is 0 Å². The molecule has 0 N–H and O–H groups in total. The van der Waals surface area contributed by atoms with E-state index in [1.54, 1.807) is 22.3 Å². The zero-order valence-electron chi connectivity index (χ0n) is 15.4. The van der Waals surface area contributed by atoms with E-state index >= 15 is 0 Å². The van der Waals surface area contributed by atoms with E-state index < -0.39 is 0 Å². The number of hydrogen-bond donors (Lipinski definition) is 0. The van der Waals surface area contributed by atoms with E-state index in [0.717, 1.165) is 0 Å². The lowest BCUT2D eigenvalue weighted by Gasteiger charge is -2.30. The van der Waals surface area contributed by atoms with Gasteiger partial charge in [0.25, 0.3) is 0 Å². The molecule has 132 valence electrons. The third-order valence-electron chi connectivity index (χ3n) is 6.64. The van der Waals surface area contributed by atoms with E-state index in [1.807, 2.05) is 0 Å². The molecule has 26 heavy (non-hydrogen) atoms. The highest BCUT2D eigenvalue weighted by molar-refractivity contribution is 9.12. The van der Waals surface area contributed by atoms with Crippen molar-refractivity contribution in [2.45, 2.75) is 51.4 Å². The Hall–Kier alpha value is -1.60. The maximum atomic E-state index is 3.89. The smallest absolute Gasteiger partial charge is 0.0243 e. The number of allylic oxidation sites excluding steroid dienone is 9. The average molecular weight is 405 g/mol. The fourth-order valence-electron chi connectivity index (χ4n) is 5.31. The Balaban J connectivity index is 1.42. The van der Waals surface area contributed by atoms with Crippen LogP contribution in [0.2, 0.25) is 0 Å². The Kier molecular flexibility index (Phi) is 4.16. The van der Waals surface area contributed by atoms with Gasteiger partial charge in [-0.3, -0.25) is 0 Å². The van der Waals surface area contributed by atoms with Crippen molar-refractivity contribution >= 4 is 22.0 Å². The van der Waals surface area contributed by atoms with Crippen LogP contribution in [0, 0.1) is 5.92 Å². The molecule has 4 aliphatic rings. The van der Waals surface area contributed by atoms with Gasteiger partial charge in [0, 0.05) is 16.3 Å². The van der Waals surface area contributed by atoms with E-state index in [2.05, 4.69) is 71.4 Å². The molecule has 0 nitrogen and oxygen atoms in total. The van der Waals surface area contributed by atoms with E-state index in [0.29, 0.717) is 11.8 Å². The quantitative estimate of drug-likeness (QED) is 0.485. The average Bonchev–Trinajstić information content (AvgIpc) is 3.21. The molecule has 1 aromatic carbocycles. The molecule has 1 aromatic rings. The first-order valence-corrected chi connectivity index (χ1v) is 10.8. The molecule has 0 spiro atoms. The van der Waals surface area contributed by atoms with Gasteiger partial charge in [-0.15, -0.1) is 0 Å². The highest BCUT2D eigenvalue weighted by Gasteiger charge is 2.33. The van der Waals surface area contributed by atoms with Crippen LogP contribution in [0.25, 0.3) is 6.08 Å². The number of rotatable bonds is 3. The summed E-state index contributed by atoms with van der Waals surface area (Å²) in [5, 5.41) is 0. The Labute approximate surface area is 165 Å². The molecule has 4 aliphatic carbocycles. The van der Waals surface area contributed by atoms with Crippen molar-refractivity contribution in [2.75, 3.05) is 0 Å². The summed E-state index contributed by atoms with van der Waals surface area (Å²) in [4.78, 5) is 0. The van der Waals surface area contributed by atoms with Gasteiger partial charge in [0.15, 0.2) is 0 Å². The predicted octanol–water partition coefficient (Wildman–Crippen LogP) is 7.61. The van der Waals surface area contributed by atoms with Gasteiger partial charge in [-0.25, -0.2) is 0 Å². The number of halogens is 1. The molecular weight excluding hydrogens is 380 g/mol. The second-order valence-corrected chi connectivity index (χ2v) is 8.95. The zero-order valence-corrected chi connectivity index (χ0v) is 17.0. The molecule has 0 heterocycles.